The van der Waals surface area contributed by atoms with Crippen molar-refractivity contribution in [2.45, 2.75) is 50.4 Å². The largest absolute Gasteiger partial charge is 0.388 e. The Morgan fingerprint density at radius 2 is 2.11 bits per heavy atom. The van der Waals surface area contributed by atoms with Gasteiger partial charge in [0, 0.05) is 32.8 Å². The van der Waals surface area contributed by atoms with Gasteiger partial charge in [0.1, 0.15) is 11.9 Å². The topological polar surface area (TPSA) is 143 Å². The number of rotatable bonds is 4. The summed E-state index contributed by atoms with van der Waals surface area (Å²) in [5.74, 6) is 0.366. The van der Waals surface area contributed by atoms with E-state index < -0.39 is 17.2 Å². The van der Waals surface area contributed by atoms with Gasteiger partial charge in [0.05, 0.1) is 17.7 Å². The predicted octanol–water partition coefficient (Wildman–Crippen LogP) is -0.810. The van der Waals surface area contributed by atoms with Gasteiger partial charge in [-0.3, -0.25) is 9.59 Å². The molecule has 10 heteroatoms. The number of aliphatic hydroxyl groups excluding tert-OH is 1. The van der Waals surface area contributed by atoms with Crippen molar-refractivity contribution in [2.75, 3.05) is 36.9 Å². The third-order valence-corrected chi connectivity index (χ3v) is 5.63. The highest BCUT2D eigenvalue weighted by Gasteiger charge is 2.53. The zero-order valence-corrected chi connectivity index (χ0v) is 16.3. The van der Waals surface area contributed by atoms with Gasteiger partial charge in [-0.25, -0.2) is 4.98 Å². The summed E-state index contributed by atoms with van der Waals surface area (Å²) in [6, 6.07) is 1.80. The van der Waals surface area contributed by atoms with Gasteiger partial charge in [-0.05, 0) is 32.3 Å². The van der Waals surface area contributed by atoms with Crippen molar-refractivity contribution in [1.82, 2.24) is 20.6 Å². The van der Waals surface area contributed by atoms with Crippen LogP contribution in [0.1, 0.15) is 33.1 Å². The molecule has 0 radical (unpaired) electrons. The van der Waals surface area contributed by atoms with Crippen molar-refractivity contribution in [3.05, 3.63) is 12.3 Å². The van der Waals surface area contributed by atoms with E-state index in [9.17, 15) is 14.7 Å². The van der Waals surface area contributed by atoms with Crippen LogP contribution in [0.3, 0.4) is 0 Å². The summed E-state index contributed by atoms with van der Waals surface area (Å²) in [5, 5.41) is 16.5. The summed E-state index contributed by atoms with van der Waals surface area (Å²) in [6.45, 7) is 4.78. The highest BCUT2D eigenvalue weighted by atomic mass is 16.5. The molecule has 1 aromatic heterocycles. The van der Waals surface area contributed by atoms with Crippen LogP contribution < -0.4 is 21.3 Å². The van der Waals surface area contributed by atoms with Crippen LogP contribution in [0.5, 0.6) is 0 Å². The molecule has 2 fully saturated rings. The minimum Gasteiger partial charge on any atom is -0.388 e. The fourth-order valence-corrected chi connectivity index (χ4v) is 4.03. The first kappa shape index (κ1) is 20.3. The molecule has 0 bridgehead atoms. The van der Waals surface area contributed by atoms with Crippen LogP contribution in [0.25, 0.3) is 0 Å². The summed E-state index contributed by atoms with van der Waals surface area (Å²) in [4.78, 5) is 33.5. The zero-order chi connectivity index (χ0) is 20.4. The Morgan fingerprint density at radius 3 is 2.75 bits per heavy atom. The van der Waals surface area contributed by atoms with Crippen molar-refractivity contribution in [1.29, 1.82) is 0 Å². The maximum atomic E-state index is 12.2. The van der Waals surface area contributed by atoms with Crippen LogP contribution in [-0.2, 0) is 14.3 Å². The maximum absolute atomic E-state index is 12.2. The molecule has 2 amide bonds. The van der Waals surface area contributed by atoms with Gasteiger partial charge in [0.15, 0.2) is 0 Å². The van der Waals surface area contributed by atoms with Crippen molar-refractivity contribution in [3.8, 4) is 0 Å². The van der Waals surface area contributed by atoms with Gasteiger partial charge in [-0.15, -0.1) is 0 Å². The molecule has 2 atom stereocenters. The molecule has 28 heavy (non-hydrogen) atoms. The predicted molar refractivity (Wildman–Crippen MR) is 102 cm³/mol. The molecule has 3 rings (SSSR count). The highest BCUT2D eigenvalue weighted by molar-refractivity contribution is 5.84. The number of carbonyl (C=O) groups excluding carboxylic acids is 2. The fraction of sp³-hybridized carbons (Fsp3) is 0.667. The molecule has 2 saturated heterocycles. The lowest BCUT2D eigenvalue weighted by Crippen LogP contribution is -2.69. The van der Waals surface area contributed by atoms with Gasteiger partial charge in [0.25, 0.3) is 0 Å². The molecule has 0 aromatic carbocycles. The summed E-state index contributed by atoms with van der Waals surface area (Å²) >= 11 is 0. The number of nitrogens with zero attached hydrogens (tertiary/aromatic N) is 3. The number of hydrogen-bond acceptors (Lipinski definition) is 8. The number of piperidine rings is 1. The molecule has 10 nitrogen and oxygen atoms in total. The minimum atomic E-state index is -0.868. The van der Waals surface area contributed by atoms with Crippen LogP contribution in [0.15, 0.2) is 12.3 Å². The Kier molecular flexibility index (Phi) is 5.71. The molecule has 0 saturated carbocycles. The molecule has 2 aliphatic heterocycles. The van der Waals surface area contributed by atoms with E-state index in [1.54, 1.807) is 12.3 Å². The first-order chi connectivity index (χ1) is 13.2. The first-order valence-electron chi connectivity index (χ1n) is 9.45. The molecule has 1 aromatic rings. The molecule has 2 aliphatic rings. The number of anilines is 2. The quantitative estimate of drug-likeness (QED) is 0.521. The maximum Gasteiger partial charge on any atom is 0.239 e. The minimum absolute atomic E-state index is 0.117. The average Bonchev–Trinajstić information content (AvgIpc) is 2.65. The second kappa shape index (κ2) is 7.88. The van der Waals surface area contributed by atoms with Crippen LogP contribution in [0.4, 0.5) is 11.8 Å². The number of aromatic nitrogens is 2. The van der Waals surface area contributed by atoms with E-state index >= 15 is 0 Å². The Morgan fingerprint density at radius 1 is 1.39 bits per heavy atom. The van der Waals surface area contributed by atoms with E-state index in [1.165, 1.54) is 6.92 Å². The van der Waals surface area contributed by atoms with Crippen molar-refractivity contribution >= 4 is 23.6 Å². The van der Waals surface area contributed by atoms with Gasteiger partial charge in [0.2, 0.25) is 17.8 Å². The molecule has 0 unspecified atom stereocenters. The monoisotopic (exact) mass is 392 g/mol. The SMILES string of the molecule is CC(=O)NCC(=O)N[C@]1(C)CCOC2(CCN(c3ccnc(N)n3)CC2)[C@H]1O. The zero-order valence-electron chi connectivity index (χ0n) is 16.3. The summed E-state index contributed by atoms with van der Waals surface area (Å²) < 4.78 is 6.05. The van der Waals surface area contributed by atoms with Crippen molar-refractivity contribution < 1.29 is 19.4 Å². The summed E-state index contributed by atoms with van der Waals surface area (Å²) in [6.07, 6.45) is 2.43. The van der Waals surface area contributed by atoms with Crippen LogP contribution >= 0.6 is 0 Å². The van der Waals surface area contributed by atoms with E-state index in [4.69, 9.17) is 10.5 Å². The second-order valence-corrected chi connectivity index (χ2v) is 7.70. The smallest absolute Gasteiger partial charge is 0.239 e. The number of amides is 2. The molecule has 5 N–H and O–H groups in total. The number of carbonyl (C=O) groups is 2. The number of nitrogens with one attached hydrogen (secondary N) is 2. The van der Waals surface area contributed by atoms with E-state index in [0.29, 0.717) is 39.0 Å². The second-order valence-electron chi connectivity index (χ2n) is 7.70. The average molecular weight is 392 g/mol. The standard InChI is InChI=1S/C18H28N6O4/c1-12(25)21-11-14(26)23-17(2)6-10-28-18(15(17)27)4-8-24(9-5-18)13-3-7-20-16(19)22-13/h3,7,15,27H,4-6,8-11H2,1-2H3,(H,21,25)(H,23,26)(H2,19,20,22)/t15-,17+/m0/s1. The van der Waals surface area contributed by atoms with Crippen molar-refractivity contribution in [2.24, 2.45) is 0 Å². The highest BCUT2D eigenvalue weighted by Crippen LogP contribution is 2.40. The molecule has 1 spiro atoms. The number of hydrogen-bond donors (Lipinski definition) is 4. The fourth-order valence-electron chi connectivity index (χ4n) is 4.03. The number of ether oxygens (including phenoxy) is 1. The lowest BCUT2D eigenvalue weighted by Gasteiger charge is -2.53. The van der Waals surface area contributed by atoms with Crippen molar-refractivity contribution in [3.63, 3.8) is 0 Å². The Balaban J connectivity index is 1.66. The van der Waals surface area contributed by atoms with E-state index in [2.05, 4.69) is 25.5 Å². The number of aliphatic hydroxyl groups is 1. The van der Waals surface area contributed by atoms with Crippen LogP contribution in [0.2, 0.25) is 0 Å². The molecule has 154 valence electrons. The van der Waals surface area contributed by atoms with E-state index in [-0.39, 0.29) is 24.3 Å². The Labute approximate surface area is 163 Å². The van der Waals surface area contributed by atoms with Gasteiger partial charge in [-0.1, -0.05) is 0 Å². The van der Waals surface area contributed by atoms with Gasteiger partial charge < -0.3 is 31.1 Å². The Hall–Kier alpha value is -2.46. The Bertz CT molecular complexity index is 737. The van der Waals surface area contributed by atoms with E-state index in [1.807, 2.05) is 6.92 Å². The van der Waals surface area contributed by atoms with Crippen LogP contribution in [0, 0.1) is 0 Å². The molecular formula is C18H28N6O4. The number of nitrogen functional groups attached to an aromatic ring is 1. The number of nitrogens with two attached hydrogens (primary N) is 1. The van der Waals surface area contributed by atoms with Crippen LogP contribution in [-0.4, -0.2) is 70.4 Å². The van der Waals surface area contributed by atoms with E-state index in [0.717, 1.165) is 5.82 Å². The normalized spacial score (nSPS) is 26.7. The van der Waals surface area contributed by atoms with Gasteiger partial charge in [-0.2, -0.15) is 4.98 Å². The third-order valence-electron chi connectivity index (χ3n) is 5.63. The van der Waals surface area contributed by atoms with Gasteiger partial charge >= 0.3 is 0 Å². The summed E-state index contributed by atoms with van der Waals surface area (Å²) in [5.41, 5.74) is 4.11. The molecule has 0 aliphatic carbocycles. The summed E-state index contributed by atoms with van der Waals surface area (Å²) in [7, 11) is 0. The third kappa shape index (κ3) is 4.17. The molecule has 3 heterocycles. The lowest BCUT2D eigenvalue weighted by molar-refractivity contribution is -0.198. The first-order valence-corrected chi connectivity index (χ1v) is 9.45. The molecular weight excluding hydrogens is 364 g/mol. The lowest BCUT2D eigenvalue weighted by atomic mass is 9.73.